The molecule has 0 bridgehead atoms. The van der Waals surface area contributed by atoms with Gasteiger partial charge in [0.2, 0.25) is 0 Å². The maximum atomic E-state index is 5.56. The third-order valence-corrected chi connectivity index (χ3v) is 2.51. The molecular formula is C10H16Cl2N2. The molecule has 0 amide bonds. The van der Waals surface area contributed by atoms with E-state index < -0.39 is 0 Å². The van der Waals surface area contributed by atoms with E-state index in [9.17, 15) is 0 Å². The van der Waals surface area contributed by atoms with E-state index >= 15 is 0 Å². The molecule has 2 rings (SSSR count). The van der Waals surface area contributed by atoms with Gasteiger partial charge in [0.25, 0.3) is 0 Å². The minimum atomic E-state index is 0. The molecule has 0 atom stereocenters. The van der Waals surface area contributed by atoms with Gasteiger partial charge in [-0.15, -0.1) is 24.8 Å². The quantitative estimate of drug-likeness (QED) is 0.806. The van der Waals surface area contributed by atoms with Gasteiger partial charge in [-0.3, -0.25) is 0 Å². The molecule has 1 aliphatic rings. The van der Waals surface area contributed by atoms with Crippen molar-refractivity contribution in [2.24, 2.45) is 5.73 Å². The Kier molecular flexibility index (Phi) is 5.27. The lowest BCUT2D eigenvalue weighted by atomic mass is 10.1. The summed E-state index contributed by atoms with van der Waals surface area (Å²) in [6, 6.07) is 6.50. The first kappa shape index (κ1) is 13.6. The Morgan fingerprint density at radius 3 is 2.71 bits per heavy atom. The van der Waals surface area contributed by atoms with E-state index in [1.807, 2.05) is 0 Å². The van der Waals surface area contributed by atoms with Crippen LogP contribution in [0.1, 0.15) is 11.1 Å². The summed E-state index contributed by atoms with van der Waals surface area (Å²) >= 11 is 0. The van der Waals surface area contributed by atoms with Gasteiger partial charge in [0.15, 0.2) is 0 Å². The summed E-state index contributed by atoms with van der Waals surface area (Å²) in [5.41, 5.74) is 9.62. The van der Waals surface area contributed by atoms with Crippen molar-refractivity contribution >= 4 is 30.5 Å². The fourth-order valence-electron chi connectivity index (χ4n) is 1.75. The highest BCUT2D eigenvalue weighted by molar-refractivity contribution is 5.85. The van der Waals surface area contributed by atoms with Crippen molar-refractivity contribution in [1.29, 1.82) is 0 Å². The van der Waals surface area contributed by atoms with E-state index in [1.54, 1.807) is 0 Å². The number of halogens is 2. The van der Waals surface area contributed by atoms with Gasteiger partial charge < -0.3 is 10.6 Å². The second kappa shape index (κ2) is 5.44. The van der Waals surface area contributed by atoms with Crippen LogP contribution in [-0.2, 0) is 13.0 Å². The predicted octanol–water partition coefficient (Wildman–Crippen LogP) is 1.98. The Bertz CT molecular complexity index is 302. The summed E-state index contributed by atoms with van der Waals surface area (Å²) < 4.78 is 0. The molecule has 0 radical (unpaired) electrons. The molecule has 2 nitrogen and oxygen atoms in total. The van der Waals surface area contributed by atoms with Gasteiger partial charge in [-0.1, -0.05) is 12.1 Å². The summed E-state index contributed by atoms with van der Waals surface area (Å²) in [4.78, 5) is 2.29. The number of likely N-dealkylation sites (N-methyl/N-ethyl adjacent to an activating group) is 1. The summed E-state index contributed by atoms with van der Waals surface area (Å²) in [5.74, 6) is 0. The molecule has 1 aromatic carbocycles. The Balaban J connectivity index is 0.000000845. The van der Waals surface area contributed by atoms with Crippen LogP contribution >= 0.6 is 24.8 Å². The molecule has 0 saturated carbocycles. The Labute approximate surface area is 97.3 Å². The van der Waals surface area contributed by atoms with Crippen molar-refractivity contribution in [3.05, 3.63) is 29.3 Å². The van der Waals surface area contributed by atoms with Gasteiger partial charge in [-0.25, -0.2) is 0 Å². The van der Waals surface area contributed by atoms with Crippen molar-refractivity contribution in [3.63, 3.8) is 0 Å². The molecule has 0 aromatic heterocycles. The molecule has 0 saturated heterocycles. The maximum Gasteiger partial charge on any atom is 0.0397 e. The van der Waals surface area contributed by atoms with Gasteiger partial charge >= 0.3 is 0 Å². The lowest BCUT2D eigenvalue weighted by Crippen LogP contribution is -2.12. The molecule has 0 spiro atoms. The molecule has 4 heteroatoms. The summed E-state index contributed by atoms with van der Waals surface area (Å²) in [5, 5.41) is 0. The van der Waals surface area contributed by atoms with Crippen molar-refractivity contribution in [2.45, 2.75) is 13.0 Å². The molecule has 2 N–H and O–H groups in total. The number of rotatable bonds is 1. The zero-order valence-corrected chi connectivity index (χ0v) is 9.83. The van der Waals surface area contributed by atoms with Gasteiger partial charge in [0.1, 0.15) is 0 Å². The van der Waals surface area contributed by atoms with Gasteiger partial charge in [0, 0.05) is 25.8 Å². The number of nitrogens with zero attached hydrogens (tertiary/aromatic N) is 1. The van der Waals surface area contributed by atoms with Crippen molar-refractivity contribution in [2.75, 3.05) is 18.5 Å². The van der Waals surface area contributed by atoms with E-state index in [0.29, 0.717) is 6.54 Å². The van der Waals surface area contributed by atoms with Crippen LogP contribution in [0.5, 0.6) is 0 Å². The van der Waals surface area contributed by atoms with Gasteiger partial charge in [0.05, 0.1) is 0 Å². The van der Waals surface area contributed by atoms with Crippen LogP contribution in [0, 0.1) is 0 Å². The van der Waals surface area contributed by atoms with Crippen LogP contribution in [0.25, 0.3) is 0 Å². The normalized spacial score (nSPS) is 12.9. The highest BCUT2D eigenvalue weighted by Gasteiger charge is 2.14. The molecule has 0 fully saturated rings. The second-order valence-corrected chi connectivity index (χ2v) is 3.34. The molecule has 0 aliphatic carbocycles. The minimum Gasteiger partial charge on any atom is -0.374 e. The molecule has 0 unspecified atom stereocenters. The highest BCUT2D eigenvalue weighted by atomic mass is 35.5. The number of benzene rings is 1. The molecule has 1 aromatic rings. The molecule has 1 aliphatic heterocycles. The zero-order valence-electron chi connectivity index (χ0n) is 8.19. The van der Waals surface area contributed by atoms with E-state index in [1.165, 1.54) is 23.2 Å². The summed E-state index contributed by atoms with van der Waals surface area (Å²) in [7, 11) is 2.13. The van der Waals surface area contributed by atoms with Gasteiger partial charge in [-0.05, 0) is 23.6 Å². The average molecular weight is 235 g/mol. The molecule has 1 heterocycles. The fourth-order valence-corrected chi connectivity index (χ4v) is 1.75. The Morgan fingerprint density at radius 2 is 2.07 bits per heavy atom. The van der Waals surface area contributed by atoms with E-state index in [0.717, 1.165) is 6.54 Å². The van der Waals surface area contributed by atoms with E-state index in [-0.39, 0.29) is 24.8 Å². The Morgan fingerprint density at radius 1 is 1.36 bits per heavy atom. The number of hydrogen-bond donors (Lipinski definition) is 1. The SMILES string of the molecule is CN1CCc2cc(CN)ccc21.Cl.Cl. The topological polar surface area (TPSA) is 29.3 Å². The standard InChI is InChI=1S/C10H14N2.2ClH/c1-12-5-4-9-6-8(7-11)2-3-10(9)12;;/h2-3,6H,4-5,7,11H2,1H3;2*1H. The van der Waals surface area contributed by atoms with Crippen molar-refractivity contribution in [3.8, 4) is 0 Å². The van der Waals surface area contributed by atoms with Crippen LogP contribution in [0.15, 0.2) is 18.2 Å². The third-order valence-electron chi connectivity index (χ3n) is 2.51. The third kappa shape index (κ3) is 2.32. The van der Waals surface area contributed by atoms with Crippen LogP contribution in [0.4, 0.5) is 5.69 Å². The number of nitrogens with two attached hydrogens (primary N) is 1. The monoisotopic (exact) mass is 234 g/mol. The zero-order chi connectivity index (χ0) is 8.55. The molecule has 14 heavy (non-hydrogen) atoms. The van der Waals surface area contributed by atoms with Crippen LogP contribution in [0.2, 0.25) is 0 Å². The highest BCUT2D eigenvalue weighted by Crippen LogP contribution is 2.26. The number of anilines is 1. The summed E-state index contributed by atoms with van der Waals surface area (Å²) in [6.45, 7) is 1.79. The van der Waals surface area contributed by atoms with Crippen LogP contribution in [0.3, 0.4) is 0 Å². The summed E-state index contributed by atoms with van der Waals surface area (Å²) in [6.07, 6.45) is 1.17. The lowest BCUT2D eigenvalue weighted by Gasteiger charge is -2.11. The van der Waals surface area contributed by atoms with Crippen LogP contribution in [-0.4, -0.2) is 13.6 Å². The fraction of sp³-hybridized carbons (Fsp3) is 0.400. The first-order valence-corrected chi connectivity index (χ1v) is 4.34. The number of hydrogen-bond acceptors (Lipinski definition) is 2. The first-order valence-electron chi connectivity index (χ1n) is 4.34. The molecular weight excluding hydrogens is 219 g/mol. The lowest BCUT2D eigenvalue weighted by molar-refractivity contribution is 0.955. The Hall–Kier alpha value is -0.440. The van der Waals surface area contributed by atoms with Crippen LogP contribution < -0.4 is 10.6 Å². The maximum absolute atomic E-state index is 5.56. The van der Waals surface area contributed by atoms with Crippen molar-refractivity contribution in [1.82, 2.24) is 0 Å². The predicted molar refractivity (Wildman–Crippen MR) is 65.8 cm³/mol. The smallest absolute Gasteiger partial charge is 0.0397 e. The average Bonchev–Trinajstić information content (AvgIpc) is 2.47. The molecule has 80 valence electrons. The van der Waals surface area contributed by atoms with Crippen molar-refractivity contribution < 1.29 is 0 Å². The van der Waals surface area contributed by atoms with Gasteiger partial charge in [-0.2, -0.15) is 0 Å². The minimum absolute atomic E-state index is 0. The first-order chi connectivity index (χ1) is 5.81. The van der Waals surface area contributed by atoms with E-state index in [2.05, 4.69) is 30.1 Å². The second-order valence-electron chi connectivity index (χ2n) is 3.34. The van der Waals surface area contributed by atoms with E-state index in [4.69, 9.17) is 5.73 Å². The largest absolute Gasteiger partial charge is 0.374 e. The number of fused-ring (bicyclic) bond motifs is 1.